The first-order valence-corrected chi connectivity index (χ1v) is 11.9. The lowest BCUT2D eigenvalue weighted by atomic mass is 10.1. The second-order valence-electron chi connectivity index (χ2n) is 8.87. The Bertz CT molecular complexity index is 1610. The highest BCUT2D eigenvalue weighted by atomic mass is 19.4. The molecule has 3 aromatic heterocycles. The Balaban J connectivity index is 1.49. The summed E-state index contributed by atoms with van der Waals surface area (Å²) in [6.45, 7) is 0.816. The third-order valence-electron chi connectivity index (χ3n) is 5.84. The number of fused-ring (bicyclic) bond motifs is 1. The van der Waals surface area contributed by atoms with Gasteiger partial charge >= 0.3 is 6.18 Å². The third kappa shape index (κ3) is 6.42. The van der Waals surface area contributed by atoms with Crippen LogP contribution in [-0.2, 0) is 12.7 Å². The minimum Gasteiger partial charge on any atom is -0.488 e. The first kappa shape index (κ1) is 28.6. The van der Waals surface area contributed by atoms with Gasteiger partial charge in [0.2, 0.25) is 0 Å². The quantitative estimate of drug-likeness (QED) is 0.249. The largest absolute Gasteiger partial charge is 0.488 e. The van der Waals surface area contributed by atoms with E-state index >= 15 is 0 Å². The number of anilines is 1. The van der Waals surface area contributed by atoms with Gasteiger partial charge in [-0.05, 0) is 30.5 Å². The van der Waals surface area contributed by atoms with E-state index in [1.54, 1.807) is 5.10 Å². The van der Waals surface area contributed by atoms with Crippen LogP contribution in [0, 0.1) is 5.82 Å². The van der Waals surface area contributed by atoms with Gasteiger partial charge in [0.15, 0.2) is 11.6 Å². The fraction of sp³-hybridized carbons (Fsp3) is 0.320. The molecule has 0 aliphatic heterocycles. The fourth-order valence-electron chi connectivity index (χ4n) is 4.10. The molecule has 15 heteroatoms. The number of aliphatic hydroxyl groups excluding tert-OH is 1. The molecular weight excluding hydrogens is 543 g/mol. The number of pyridine rings is 1. The van der Waals surface area contributed by atoms with Crippen molar-refractivity contribution in [3.63, 3.8) is 0 Å². The molecule has 0 spiro atoms. The molecule has 0 radical (unpaired) electrons. The molecular formula is C25H23F5N6O4. The van der Waals surface area contributed by atoms with Crippen LogP contribution in [0.1, 0.15) is 18.9 Å². The standard InChI is InChI=1S/C25H23F5N6O4/c1-13(34-20-11-33-35-23(38)21(20)25(28,29)30)6-15(26)12-36-3-2-14-7-18(19(27)8-17(14)24(36)39)22-31-9-16(10-32-22)40-5-4-37/h2-3,7-11,13,15,37H,4-6,12H2,1H3,(H2,34,35,38)/t13-,15+/m0/s1. The molecule has 0 aliphatic carbocycles. The SMILES string of the molecule is C[C@@H](C[C@@H](F)Cn1ccc2cc(-c3ncc(OCCO)cn3)c(F)cc2c1=O)Nc1cn[nH]c(=O)c1C(F)(F)F. The molecule has 10 nitrogen and oxygen atoms in total. The number of hydrogen-bond donors (Lipinski definition) is 3. The molecule has 4 rings (SSSR count). The molecule has 0 bridgehead atoms. The van der Waals surface area contributed by atoms with E-state index in [1.165, 1.54) is 37.6 Å². The van der Waals surface area contributed by atoms with Crippen molar-refractivity contribution in [2.24, 2.45) is 0 Å². The van der Waals surface area contributed by atoms with E-state index in [2.05, 4.69) is 20.4 Å². The zero-order chi connectivity index (χ0) is 29.0. The summed E-state index contributed by atoms with van der Waals surface area (Å²) in [6.07, 6.45) is -2.20. The Morgan fingerprint density at radius 2 is 1.90 bits per heavy atom. The summed E-state index contributed by atoms with van der Waals surface area (Å²) in [7, 11) is 0. The van der Waals surface area contributed by atoms with Crippen molar-refractivity contribution in [2.75, 3.05) is 18.5 Å². The van der Waals surface area contributed by atoms with Crippen LogP contribution < -0.4 is 21.2 Å². The second kappa shape index (κ2) is 11.8. The fourth-order valence-corrected chi connectivity index (χ4v) is 4.10. The molecule has 0 amide bonds. The van der Waals surface area contributed by atoms with Gasteiger partial charge < -0.3 is 19.7 Å². The molecule has 3 heterocycles. The third-order valence-corrected chi connectivity index (χ3v) is 5.84. The molecule has 212 valence electrons. The van der Waals surface area contributed by atoms with E-state index < -0.39 is 53.1 Å². The number of ether oxygens (including phenoxy) is 1. The van der Waals surface area contributed by atoms with Crippen molar-refractivity contribution in [2.45, 2.75) is 38.3 Å². The molecule has 4 aromatic rings. The van der Waals surface area contributed by atoms with Crippen molar-refractivity contribution in [3.8, 4) is 17.1 Å². The number of H-pyrrole nitrogens is 1. The Morgan fingerprint density at radius 1 is 1.18 bits per heavy atom. The smallest absolute Gasteiger partial charge is 0.423 e. The summed E-state index contributed by atoms with van der Waals surface area (Å²) < 4.78 is 75.8. The maximum Gasteiger partial charge on any atom is 0.423 e. The Hall–Kier alpha value is -4.40. The van der Waals surface area contributed by atoms with Gasteiger partial charge in [0.25, 0.3) is 11.1 Å². The molecule has 3 N–H and O–H groups in total. The highest BCUT2D eigenvalue weighted by Gasteiger charge is 2.37. The highest BCUT2D eigenvalue weighted by Crippen LogP contribution is 2.32. The van der Waals surface area contributed by atoms with Crippen LogP contribution in [0.4, 0.5) is 27.6 Å². The zero-order valence-corrected chi connectivity index (χ0v) is 20.9. The van der Waals surface area contributed by atoms with E-state index in [-0.39, 0.29) is 42.2 Å². The van der Waals surface area contributed by atoms with Crippen LogP contribution >= 0.6 is 0 Å². The van der Waals surface area contributed by atoms with Crippen LogP contribution in [0.3, 0.4) is 0 Å². The van der Waals surface area contributed by atoms with Crippen molar-refractivity contribution < 1.29 is 31.8 Å². The number of hydrogen-bond acceptors (Lipinski definition) is 8. The number of nitrogens with zero attached hydrogens (tertiary/aromatic N) is 4. The van der Waals surface area contributed by atoms with Gasteiger partial charge in [-0.2, -0.15) is 18.3 Å². The predicted octanol–water partition coefficient (Wildman–Crippen LogP) is 3.30. The first-order chi connectivity index (χ1) is 19.0. The van der Waals surface area contributed by atoms with Crippen LogP contribution in [-0.4, -0.2) is 55.3 Å². The van der Waals surface area contributed by atoms with E-state index in [0.29, 0.717) is 5.39 Å². The second-order valence-corrected chi connectivity index (χ2v) is 8.87. The number of halogens is 5. The van der Waals surface area contributed by atoms with Crippen molar-refractivity contribution in [3.05, 3.63) is 75.1 Å². The van der Waals surface area contributed by atoms with Crippen LogP contribution in [0.5, 0.6) is 5.75 Å². The molecule has 40 heavy (non-hydrogen) atoms. The lowest BCUT2D eigenvalue weighted by Crippen LogP contribution is -2.30. The summed E-state index contributed by atoms with van der Waals surface area (Å²) in [5, 5.41) is 16.7. The lowest BCUT2D eigenvalue weighted by molar-refractivity contribution is -0.138. The Labute approximate surface area is 222 Å². The van der Waals surface area contributed by atoms with E-state index in [1.807, 2.05) is 0 Å². The maximum absolute atomic E-state index is 14.9. The number of benzene rings is 1. The van der Waals surface area contributed by atoms with Gasteiger partial charge in [-0.25, -0.2) is 23.8 Å². The van der Waals surface area contributed by atoms with Crippen LogP contribution in [0.25, 0.3) is 22.2 Å². The molecule has 0 saturated heterocycles. The Kier molecular flexibility index (Phi) is 8.42. The number of rotatable bonds is 10. The lowest BCUT2D eigenvalue weighted by Gasteiger charge is -2.20. The van der Waals surface area contributed by atoms with E-state index in [4.69, 9.17) is 9.84 Å². The summed E-state index contributed by atoms with van der Waals surface area (Å²) in [4.78, 5) is 32.7. The topological polar surface area (TPSA) is 135 Å². The van der Waals surface area contributed by atoms with Gasteiger partial charge in [0.05, 0.1) is 48.4 Å². The molecule has 0 aliphatic rings. The van der Waals surface area contributed by atoms with Crippen molar-refractivity contribution in [1.29, 1.82) is 0 Å². The first-order valence-electron chi connectivity index (χ1n) is 11.9. The summed E-state index contributed by atoms with van der Waals surface area (Å²) in [5.74, 6) is -0.468. The minimum atomic E-state index is -4.95. The normalized spacial score (nSPS) is 13.3. The number of alkyl halides is 4. The van der Waals surface area contributed by atoms with Crippen LogP contribution in [0.2, 0.25) is 0 Å². The average molecular weight is 566 g/mol. The molecule has 1 aromatic carbocycles. The van der Waals surface area contributed by atoms with E-state index in [0.717, 1.165) is 16.8 Å². The summed E-state index contributed by atoms with van der Waals surface area (Å²) in [6, 6.07) is 3.01. The van der Waals surface area contributed by atoms with Crippen molar-refractivity contribution >= 4 is 16.5 Å². The monoisotopic (exact) mass is 566 g/mol. The number of nitrogens with one attached hydrogen (secondary N) is 2. The number of aliphatic hydroxyl groups is 1. The van der Waals surface area contributed by atoms with Crippen LogP contribution in [0.15, 0.2) is 52.6 Å². The highest BCUT2D eigenvalue weighted by molar-refractivity contribution is 5.86. The van der Waals surface area contributed by atoms with Gasteiger partial charge in [-0.3, -0.25) is 9.59 Å². The minimum absolute atomic E-state index is 0.0190. The molecule has 0 unspecified atom stereocenters. The molecule has 0 fully saturated rings. The van der Waals surface area contributed by atoms with Gasteiger partial charge in [-0.1, -0.05) is 0 Å². The van der Waals surface area contributed by atoms with Crippen molar-refractivity contribution in [1.82, 2.24) is 24.7 Å². The number of aromatic amines is 1. The summed E-state index contributed by atoms with van der Waals surface area (Å²) in [5.41, 5.74) is -4.16. The zero-order valence-electron chi connectivity index (χ0n) is 20.9. The molecule has 0 saturated carbocycles. The van der Waals surface area contributed by atoms with E-state index in [9.17, 15) is 31.5 Å². The summed E-state index contributed by atoms with van der Waals surface area (Å²) >= 11 is 0. The van der Waals surface area contributed by atoms with Gasteiger partial charge in [-0.15, -0.1) is 0 Å². The Morgan fingerprint density at radius 3 is 2.58 bits per heavy atom. The molecule has 2 atom stereocenters. The average Bonchev–Trinajstić information content (AvgIpc) is 2.88. The van der Waals surface area contributed by atoms with Gasteiger partial charge in [0.1, 0.15) is 24.2 Å². The number of aromatic nitrogens is 5. The van der Waals surface area contributed by atoms with Gasteiger partial charge in [0, 0.05) is 18.7 Å². The maximum atomic E-state index is 14.9. The predicted molar refractivity (Wildman–Crippen MR) is 134 cm³/mol.